The Morgan fingerprint density at radius 1 is 0.358 bits per heavy atom. The van der Waals surface area contributed by atoms with E-state index in [-0.39, 0.29) is 74.2 Å². The van der Waals surface area contributed by atoms with Crippen molar-refractivity contribution in [2.45, 2.75) is 149 Å². The number of hydrogen-bond donors (Lipinski definition) is 11. The van der Waals surface area contributed by atoms with E-state index in [4.69, 9.17) is 0 Å². The van der Waals surface area contributed by atoms with Crippen molar-refractivity contribution >= 4 is 30.4 Å². The molecule has 298 valence electrons. The summed E-state index contributed by atoms with van der Waals surface area (Å²) in [6.45, 7) is 0. The fraction of sp³-hybridized carbons (Fsp3) is 1.00. The average molecular weight is 858 g/mol. The molecule has 4 aliphatic carbocycles. The molecule has 0 spiro atoms. The Morgan fingerprint density at radius 3 is 0.887 bits per heavy atom. The van der Waals surface area contributed by atoms with E-state index in [9.17, 15) is 38.9 Å². The number of rotatable bonds is 3. The minimum absolute atomic E-state index is 0. The maximum atomic E-state index is 13.3. The van der Waals surface area contributed by atoms with Gasteiger partial charge in [-0.15, -0.1) is 0 Å². The summed E-state index contributed by atoms with van der Waals surface area (Å²) in [7, 11) is -15.9. The molecule has 11 N–H and O–H groups in total. The van der Waals surface area contributed by atoms with E-state index in [2.05, 4.69) is 42.5 Å². The van der Waals surface area contributed by atoms with Crippen molar-refractivity contribution in [1.82, 2.24) is 42.5 Å². The molecule has 5 aliphatic heterocycles. The summed E-state index contributed by atoms with van der Waals surface area (Å²) in [4.78, 5) is 0. The van der Waals surface area contributed by atoms with Crippen LogP contribution in [0.1, 0.15) is 83.5 Å². The van der Waals surface area contributed by atoms with Crippen molar-refractivity contribution < 1.29 is 58.4 Å². The van der Waals surface area contributed by atoms with Gasteiger partial charge in [-0.3, -0.25) is 56.2 Å². The molecule has 21 heteroatoms. The first-order valence-corrected chi connectivity index (χ1v) is 24.1. The molecule has 9 rings (SSSR count). The summed E-state index contributed by atoms with van der Waals surface area (Å²) >= 11 is 0. The summed E-state index contributed by atoms with van der Waals surface area (Å²) in [5.41, 5.74) is 0. The van der Waals surface area contributed by atoms with Gasteiger partial charge in [-0.1, -0.05) is 38.5 Å². The van der Waals surface area contributed by atoms with Crippen molar-refractivity contribution in [1.29, 1.82) is 0 Å². The van der Waals surface area contributed by atoms with Crippen LogP contribution in [-0.2, 0) is 49.8 Å². The normalized spacial score (nSPS) is 51.3. The third-order valence-electron chi connectivity index (χ3n) is 15.0. The second kappa shape index (κ2) is 14.7. The van der Waals surface area contributed by atoms with Gasteiger partial charge in [0.15, 0.2) is 0 Å². The first kappa shape index (κ1) is 39.8. The Kier molecular flexibility index (Phi) is 11.0. The molecule has 0 aromatic heterocycles. The van der Waals surface area contributed by atoms with E-state index in [1.54, 1.807) is 0 Å². The molecule has 9 aliphatic rings. The van der Waals surface area contributed by atoms with Crippen LogP contribution in [0.2, 0.25) is 0 Å². The Bertz CT molecular complexity index is 1720. The molecule has 5 saturated heterocycles. The zero-order valence-electron chi connectivity index (χ0n) is 29.9. The molecule has 19 atom stereocenters. The van der Waals surface area contributed by atoms with Gasteiger partial charge in [0.25, 0.3) is 30.4 Å². The van der Waals surface area contributed by atoms with Crippen LogP contribution in [0.25, 0.3) is 0 Å². The predicted octanol–water partition coefficient (Wildman–Crippen LogP) is -0.798. The number of fused-ring (bicyclic) bond motifs is 20. The first-order chi connectivity index (χ1) is 24.7. The molecular formula is C32H56N8O9S3Zn. The number of nitrogens with one attached hydrogen (secondary N) is 8. The minimum Gasteiger partial charge on any atom is -0.286 e. The maximum absolute atomic E-state index is 13.3. The summed E-state index contributed by atoms with van der Waals surface area (Å²) in [5.74, 6) is -0.0970. The molecule has 9 fully saturated rings. The summed E-state index contributed by atoms with van der Waals surface area (Å²) in [6.07, 6.45) is 10.5. The summed E-state index contributed by atoms with van der Waals surface area (Å²) in [5, 5.41) is 23.6. The summed E-state index contributed by atoms with van der Waals surface area (Å²) < 4.78 is 109. The van der Waals surface area contributed by atoms with Gasteiger partial charge in [0, 0.05) is 25.4 Å². The molecular weight excluding hydrogens is 802 g/mol. The Morgan fingerprint density at radius 2 is 0.623 bits per heavy atom. The zero-order chi connectivity index (χ0) is 36.3. The van der Waals surface area contributed by atoms with Crippen molar-refractivity contribution in [3.63, 3.8) is 0 Å². The van der Waals surface area contributed by atoms with Crippen molar-refractivity contribution in [3.05, 3.63) is 0 Å². The molecule has 0 radical (unpaired) electrons. The van der Waals surface area contributed by atoms with E-state index < -0.39 is 76.7 Å². The van der Waals surface area contributed by atoms with Crippen LogP contribution in [0.5, 0.6) is 0 Å². The molecule has 8 bridgehead atoms. The van der Waals surface area contributed by atoms with E-state index in [0.29, 0.717) is 17.8 Å². The quantitative estimate of drug-likeness (QED) is 0.123. The zero-order valence-corrected chi connectivity index (χ0v) is 35.3. The average Bonchev–Trinajstić information content (AvgIpc) is 3.82. The Balaban J connectivity index is 0.00000400. The van der Waals surface area contributed by atoms with E-state index >= 15 is 0 Å². The summed E-state index contributed by atoms with van der Waals surface area (Å²) in [6, 6.07) is 0. The van der Waals surface area contributed by atoms with Crippen molar-refractivity contribution in [2.75, 3.05) is 0 Å². The molecule has 19 unspecified atom stereocenters. The van der Waals surface area contributed by atoms with E-state index in [1.807, 2.05) is 0 Å². The van der Waals surface area contributed by atoms with Crippen LogP contribution >= 0.6 is 0 Å². The molecule has 0 aromatic carbocycles. The van der Waals surface area contributed by atoms with Crippen LogP contribution in [0.3, 0.4) is 0 Å². The van der Waals surface area contributed by atoms with Crippen LogP contribution in [0.15, 0.2) is 0 Å². The molecule has 0 amide bonds. The predicted molar refractivity (Wildman–Crippen MR) is 189 cm³/mol. The first-order valence-electron chi connectivity index (χ1n) is 19.6. The van der Waals surface area contributed by atoms with Crippen molar-refractivity contribution in [3.8, 4) is 0 Å². The largest absolute Gasteiger partial charge is 0.286 e. The monoisotopic (exact) mass is 856 g/mol. The van der Waals surface area contributed by atoms with Crippen molar-refractivity contribution in [2.24, 2.45) is 47.3 Å². The second-order valence-corrected chi connectivity index (χ2v) is 22.3. The van der Waals surface area contributed by atoms with Gasteiger partial charge in [-0.25, -0.2) is 0 Å². The van der Waals surface area contributed by atoms with Gasteiger partial charge in [-0.2, -0.15) is 25.3 Å². The Labute approximate surface area is 325 Å². The molecule has 4 saturated carbocycles. The van der Waals surface area contributed by atoms with Gasteiger partial charge in [0.2, 0.25) is 0 Å². The maximum Gasteiger partial charge on any atom is 0.270 e. The standard InChI is InChI=1S/C32H56N8O9S3.Zn/c41-50(42,43)21-13-20-22(24(52(47,48)49)23(21)51(44,45)46)32-39-30-19-12-6-5-11-18(19)28(37-30)35-26-15-8-2-1-7-14(15)25(33-26)34-27-16-9-3-4-10-17(16)29(36-27)38-31(20)40-32;/h14-40H,1-13H2,(H,41,42,43)(H,44,45,46)(H,47,48,49);. The molecule has 5 heterocycles. The molecule has 0 aromatic rings. The fourth-order valence-electron chi connectivity index (χ4n) is 13.0. The molecule has 53 heavy (non-hydrogen) atoms. The fourth-order valence-corrected chi connectivity index (χ4v) is 18.0. The SMILES string of the molecule is O=S(=O)(O)C1CC2C3NC4NC(NC5NC(NC6NC(NC(N3)C2C(S(=O)(=O)O)C1S(=O)(=O)O)C1CCCCC61)C1CCCCC51)C1CCCCC41.[Zn]. The third-order valence-corrected chi connectivity index (χ3v) is 19.2. The minimum atomic E-state index is -5.40. The van der Waals surface area contributed by atoms with Gasteiger partial charge in [0.05, 0.1) is 49.3 Å². The van der Waals surface area contributed by atoms with E-state index in [0.717, 1.165) is 64.2 Å². The van der Waals surface area contributed by atoms with Crippen LogP contribution in [-0.4, -0.2) is 104 Å². The number of hydrogen-bond acceptors (Lipinski definition) is 14. The van der Waals surface area contributed by atoms with Gasteiger partial charge in [0.1, 0.15) is 15.7 Å². The third kappa shape index (κ3) is 7.14. The van der Waals surface area contributed by atoms with Gasteiger partial charge >= 0.3 is 0 Å². The van der Waals surface area contributed by atoms with Gasteiger partial charge in [-0.05, 0) is 86.4 Å². The Hall–Kier alpha value is 0.0334. The van der Waals surface area contributed by atoms with Crippen LogP contribution in [0, 0.1) is 47.3 Å². The topological polar surface area (TPSA) is 259 Å². The van der Waals surface area contributed by atoms with Crippen LogP contribution < -0.4 is 42.5 Å². The smallest absolute Gasteiger partial charge is 0.270 e. The molecule has 17 nitrogen and oxygen atoms in total. The second-order valence-electron chi connectivity index (χ2n) is 17.5. The van der Waals surface area contributed by atoms with E-state index in [1.165, 1.54) is 12.8 Å². The van der Waals surface area contributed by atoms with Gasteiger partial charge < -0.3 is 0 Å². The van der Waals surface area contributed by atoms with Crippen LogP contribution in [0.4, 0.5) is 0 Å².